The zero-order valence-electron chi connectivity index (χ0n) is 23.7. The third-order valence-corrected chi connectivity index (χ3v) is 9.18. The molecule has 0 fully saturated rings. The molecule has 5 heteroatoms. The number of nitrogens with zero attached hydrogens (tertiary/aromatic N) is 1. The highest BCUT2D eigenvalue weighted by Crippen LogP contribution is 2.51. The molecule has 204 valence electrons. The van der Waals surface area contributed by atoms with E-state index in [1.165, 1.54) is 109 Å². The molecule has 1 N–H and O–H groups in total. The fourth-order valence-electron chi connectivity index (χ4n) is 4.73. The topological polar surface area (TPSA) is 46.5 Å². The summed E-state index contributed by atoms with van der Waals surface area (Å²) in [5.74, 6) is -0.351. The third-order valence-electron chi connectivity index (χ3n) is 6.82. The lowest BCUT2D eigenvalue weighted by Crippen LogP contribution is -2.44. The van der Waals surface area contributed by atoms with Crippen LogP contribution >= 0.6 is 7.60 Å². The molecule has 34 heavy (non-hydrogen) atoms. The number of allylic oxidation sites excluding steroid dienone is 2. The molecule has 0 amide bonds. The van der Waals surface area contributed by atoms with E-state index in [4.69, 9.17) is 4.52 Å². The van der Waals surface area contributed by atoms with E-state index < -0.39 is 7.60 Å². The molecule has 0 aromatic heterocycles. The van der Waals surface area contributed by atoms with Crippen LogP contribution in [0.2, 0.25) is 0 Å². The van der Waals surface area contributed by atoms with Crippen LogP contribution in [0.4, 0.5) is 0 Å². The van der Waals surface area contributed by atoms with Crippen LogP contribution in [0, 0.1) is 0 Å². The van der Waals surface area contributed by atoms with Crippen LogP contribution in [0.15, 0.2) is 12.2 Å². The van der Waals surface area contributed by atoms with Crippen molar-refractivity contribution in [3.8, 4) is 0 Å². The van der Waals surface area contributed by atoms with Gasteiger partial charge >= 0.3 is 7.60 Å². The number of hydrogen-bond donors (Lipinski definition) is 1. The van der Waals surface area contributed by atoms with Crippen LogP contribution in [0.1, 0.15) is 142 Å². The van der Waals surface area contributed by atoms with Crippen LogP contribution in [0.5, 0.6) is 0 Å². The van der Waals surface area contributed by atoms with Crippen molar-refractivity contribution >= 4 is 7.60 Å². The van der Waals surface area contributed by atoms with E-state index in [9.17, 15) is 9.46 Å². The van der Waals surface area contributed by atoms with Gasteiger partial charge in [-0.1, -0.05) is 116 Å². The highest BCUT2D eigenvalue weighted by molar-refractivity contribution is 7.53. The molecule has 0 aliphatic rings. The molecule has 0 saturated heterocycles. The van der Waals surface area contributed by atoms with Crippen molar-refractivity contribution in [3.05, 3.63) is 12.2 Å². The number of unbranched alkanes of at least 4 members (excludes halogenated alkanes) is 17. The van der Waals surface area contributed by atoms with Crippen molar-refractivity contribution in [2.75, 3.05) is 27.7 Å². The summed E-state index contributed by atoms with van der Waals surface area (Å²) in [5, 5.41) is 0. The van der Waals surface area contributed by atoms with Gasteiger partial charge in [0.25, 0.3) is 0 Å². The van der Waals surface area contributed by atoms with Crippen molar-refractivity contribution < 1.29 is 18.5 Å². The summed E-state index contributed by atoms with van der Waals surface area (Å²) in [7, 11) is 2.31. The van der Waals surface area contributed by atoms with Gasteiger partial charge < -0.3 is 13.9 Å². The lowest BCUT2D eigenvalue weighted by atomic mass is 10.1. The highest BCUT2D eigenvalue weighted by Gasteiger charge is 2.41. The predicted octanol–water partition coefficient (Wildman–Crippen LogP) is 9.62. The standard InChI is InChI=1S/C29H60NO3P/c1-6-8-9-10-11-12-13-14-15-16-17-18-19-20-21-22-23-24-25-26-27-28-33-34(31,32)29(7-2)30(3,4)5/h18-19,29H,6-17,20-28H2,1-5H3/p+1. The van der Waals surface area contributed by atoms with E-state index in [0.29, 0.717) is 17.5 Å². The molecule has 2 atom stereocenters. The second-order valence-corrected chi connectivity index (χ2v) is 13.1. The summed E-state index contributed by atoms with van der Waals surface area (Å²) in [6.45, 7) is 4.63. The van der Waals surface area contributed by atoms with E-state index >= 15 is 0 Å². The van der Waals surface area contributed by atoms with Crippen LogP contribution in [0.3, 0.4) is 0 Å². The second kappa shape index (κ2) is 22.1. The molecule has 0 saturated carbocycles. The lowest BCUT2D eigenvalue weighted by Gasteiger charge is -2.35. The molecule has 2 unspecified atom stereocenters. The molecular weight excluding hydrogens is 441 g/mol. The van der Waals surface area contributed by atoms with Gasteiger partial charge in [0.05, 0.1) is 27.7 Å². The highest BCUT2D eigenvalue weighted by atomic mass is 31.2. The fourth-order valence-corrected chi connectivity index (χ4v) is 6.63. The van der Waals surface area contributed by atoms with Gasteiger partial charge in [0.15, 0.2) is 5.78 Å². The first-order valence-corrected chi connectivity index (χ1v) is 16.3. The SMILES string of the molecule is CCCCCCCCCCCCC=CCCCCCCCCCOP(=O)(O)C(CC)[N+](C)(C)C. The minimum atomic E-state index is -3.55. The maximum absolute atomic E-state index is 12.5. The van der Waals surface area contributed by atoms with Gasteiger partial charge in [0.2, 0.25) is 0 Å². The quantitative estimate of drug-likeness (QED) is 0.0585. The van der Waals surface area contributed by atoms with Crippen LogP contribution in [-0.2, 0) is 9.09 Å². The minimum absolute atomic E-state index is 0.351. The largest absolute Gasteiger partial charge is 0.385 e. The van der Waals surface area contributed by atoms with Gasteiger partial charge in [-0.3, -0.25) is 4.57 Å². The summed E-state index contributed by atoms with van der Waals surface area (Å²) in [6, 6.07) is 0. The average molecular weight is 503 g/mol. The Kier molecular flexibility index (Phi) is 22.0. The summed E-state index contributed by atoms with van der Waals surface area (Å²) >= 11 is 0. The Labute approximate surface area is 214 Å². The van der Waals surface area contributed by atoms with E-state index in [2.05, 4.69) is 19.1 Å². The van der Waals surface area contributed by atoms with Gasteiger partial charge in [-0.25, -0.2) is 0 Å². The Balaban J connectivity index is 3.42. The van der Waals surface area contributed by atoms with Crippen molar-refractivity contribution in [3.63, 3.8) is 0 Å². The first-order valence-electron chi connectivity index (χ1n) is 14.7. The molecule has 0 aromatic carbocycles. The first-order chi connectivity index (χ1) is 16.3. The summed E-state index contributed by atoms with van der Waals surface area (Å²) in [6.07, 6.45) is 30.4. The number of hydrogen-bond acceptors (Lipinski definition) is 2. The van der Waals surface area contributed by atoms with Crippen molar-refractivity contribution in [1.29, 1.82) is 0 Å². The van der Waals surface area contributed by atoms with Gasteiger partial charge in [-0.05, 0) is 32.1 Å². The zero-order chi connectivity index (χ0) is 25.5. The van der Waals surface area contributed by atoms with Crippen LogP contribution in [-0.4, -0.2) is 42.9 Å². The molecule has 0 aliphatic heterocycles. The maximum Gasteiger partial charge on any atom is 0.385 e. The van der Waals surface area contributed by atoms with Crippen molar-refractivity contribution in [1.82, 2.24) is 0 Å². The van der Waals surface area contributed by atoms with Crippen LogP contribution < -0.4 is 0 Å². The zero-order valence-corrected chi connectivity index (χ0v) is 24.6. The molecule has 0 aromatic rings. The molecular formula is C29H61NO3P+. The van der Waals surface area contributed by atoms with Gasteiger partial charge in [-0.15, -0.1) is 0 Å². The summed E-state index contributed by atoms with van der Waals surface area (Å²) in [4.78, 5) is 10.3. The van der Waals surface area contributed by atoms with Crippen molar-refractivity contribution in [2.45, 2.75) is 148 Å². The number of rotatable bonds is 25. The van der Waals surface area contributed by atoms with E-state index in [0.717, 1.165) is 12.8 Å². The first kappa shape index (κ1) is 33.8. The Hall–Kier alpha value is -0.150. The molecule has 0 heterocycles. The Bertz CT molecular complexity index is 516. The monoisotopic (exact) mass is 502 g/mol. The van der Waals surface area contributed by atoms with E-state index in [1.54, 1.807) is 0 Å². The maximum atomic E-state index is 12.5. The normalized spacial score (nSPS) is 15.1. The second-order valence-electron chi connectivity index (χ2n) is 11.1. The molecule has 0 aliphatic carbocycles. The molecule has 0 bridgehead atoms. The Morgan fingerprint density at radius 3 is 1.44 bits per heavy atom. The van der Waals surface area contributed by atoms with Crippen LogP contribution in [0.25, 0.3) is 0 Å². The fraction of sp³-hybridized carbons (Fsp3) is 0.931. The lowest BCUT2D eigenvalue weighted by molar-refractivity contribution is -0.883. The van der Waals surface area contributed by atoms with Gasteiger partial charge in [0, 0.05) is 6.42 Å². The molecule has 0 rings (SSSR count). The molecule has 0 radical (unpaired) electrons. The predicted molar refractivity (Wildman–Crippen MR) is 150 cm³/mol. The Morgan fingerprint density at radius 2 is 1.06 bits per heavy atom. The third kappa shape index (κ3) is 20.1. The minimum Gasteiger partial charge on any atom is -0.320 e. The summed E-state index contributed by atoms with van der Waals surface area (Å²) in [5.41, 5.74) is 0. The van der Waals surface area contributed by atoms with E-state index in [1.807, 2.05) is 28.1 Å². The van der Waals surface area contributed by atoms with Gasteiger partial charge in [0.1, 0.15) is 0 Å². The van der Waals surface area contributed by atoms with Gasteiger partial charge in [-0.2, -0.15) is 0 Å². The summed E-state index contributed by atoms with van der Waals surface area (Å²) < 4.78 is 18.4. The number of quaternary nitrogens is 1. The smallest absolute Gasteiger partial charge is 0.320 e. The van der Waals surface area contributed by atoms with Crippen molar-refractivity contribution in [2.24, 2.45) is 0 Å². The molecule has 4 nitrogen and oxygen atoms in total. The Morgan fingerprint density at radius 1 is 0.676 bits per heavy atom. The molecule has 0 spiro atoms. The average Bonchev–Trinajstić information content (AvgIpc) is 2.76. The van der Waals surface area contributed by atoms with E-state index in [-0.39, 0.29) is 5.78 Å².